The molecule has 1 aromatic rings. The molecule has 0 N–H and O–H groups in total. The van der Waals surface area contributed by atoms with E-state index in [4.69, 9.17) is 0 Å². The van der Waals surface area contributed by atoms with Gasteiger partial charge in [-0.15, -0.1) is 0 Å². The summed E-state index contributed by atoms with van der Waals surface area (Å²) in [6, 6.07) is 0. The third-order valence-corrected chi connectivity index (χ3v) is 2.88. The minimum Gasteiger partial charge on any atom is -0.297 e. The monoisotopic (exact) mass is 191 g/mol. The molecule has 1 saturated heterocycles. The Morgan fingerprint density at radius 1 is 1.21 bits per heavy atom. The van der Waals surface area contributed by atoms with Crippen LogP contribution in [0.5, 0.6) is 0 Å². The highest BCUT2D eigenvalue weighted by Crippen LogP contribution is 2.31. The van der Waals surface area contributed by atoms with Gasteiger partial charge in [-0.05, 0) is 26.3 Å². The molecule has 2 rings (SSSR count). The van der Waals surface area contributed by atoms with Gasteiger partial charge < -0.3 is 0 Å². The van der Waals surface area contributed by atoms with E-state index in [1.54, 1.807) is 6.33 Å². The molecule has 0 spiro atoms. The molecule has 76 valence electrons. The van der Waals surface area contributed by atoms with Gasteiger partial charge >= 0.3 is 0 Å². The van der Waals surface area contributed by atoms with E-state index in [1.807, 2.05) is 12.4 Å². The van der Waals surface area contributed by atoms with E-state index in [0.29, 0.717) is 11.5 Å². The SMILES string of the molecule is CC(C)(C)N1CC(c2cncnc2)C1. The molecule has 14 heavy (non-hydrogen) atoms. The number of hydrogen-bond donors (Lipinski definition) is 0. The minimum atomic E-state index is 0.298. The van der Waals surface area contributed by atoms with Crippen LogP contribution in [0.4, 0.5) is 0 Å². The van der Waals surface area contributed by atoms with Crippen molar-refractivity contribution in [1.82, 2.24) is 14.9 Å². The van der Waals surface area contributed by atoms with Gasteiger partial charge in [0.25, 0.3) is 0 Å². The molecule has 0 radical (unpaired) electrons. The zero-order valence-electron chi connectivity index (χ0n) is 9.07. The average molecular weight is 191 g/mol. The number of nitrogens with zero attached hydrogens (tertiary/aromatic N) is 3. The van der Waals surface area contributed by atoms with Crippen molar-refractivity contribution in [2.75, 3.05) is 13.1 Å². The van der Waals surface area contributed by atoms with E-state index >= 15 is 0 Å². The standard InChI is InChI=1S/C11H17N3/c1-11(2,3)14-6-10(7-14)9-4-12-8-13-5-9/h4-5,8,10H,6-7H2,1-3H3. The maximum atomic E-state index is 4.05. The highest BCUT2D eigenvalue weighted by Gasteiger charge is 2.35. The van der Waals surface area contributed by atoms with Crippen LogP contribution in [-0.4, -0.2) is 33.5 Å². The molecule has 1 aromatic heterocycles. The summed E-state index contributed by atoms with van der Waals surface area (Å²) in [5.41, 5.74) is 1.57. The largest absolute Gasteiger partial charge is 0.297 e. The van der Waals surface area contributed by atoms with Gasteiger partial charge in [-0.25, -0.2) is 9.97 Å². The highest BCUT2D eigenvalue weighted by atomic mass is 15.2. The van der Waals surface area contributed by atoms with Crippen molar-refractivity contribution in [2.45, 2.75) is 32.2 Å². The Balaban J connectivity index is 1.96. The topological polar surface area (TPSA) is 29.0 Å². The number of aromatic nitrogens is 2. The van der Waals surface area contributed by atoms with E-state index in [9.17, 15) is 0 Å². The number of rotatable bonds is 1. The lowest BCUT2D eigenvalue weighted by atomic mass is 9.88. The summed E-state index contributed by atoms with van der Waals surface area (Å²) in [4.78, 5) is 10.6. The molecule has 1 aliphatic heterocycles. The van der Waals surface area contributed by atoms with E-state index in [1.165, 1.54) is 5.56 Å². The number of likely N-dealkylation sites (tertiary alicyclic amines) is 1. The summed E-state index contributed by atoms with van der Waals surface area (Å²) < 4.78 is 0. The van der Waals surface area contributed by atoms with E-state index in [2.05, 4.69) is 35.6 Å². The van der Waals surface area contributed by atoms with E-state index in [-0.39, 0.29) is 0 Å². The van der Waals surface area contributed by atoms with Crippen LogP contribution in [0.25, 0.3) is 0 Å². The van der Waals surface area contributed by atoms with Gasteiger partial charge in [0, 0.05) is 36.9 Å². The Morgan fingerprint density at radius 3 is 2.29 bits per heavy atom. The molecular weight excluding hydrogens is 174 g/mol. The Labute approximate surface area is 85.2 Å². The van der Waals surface area contributed by atoms with Gasteiger partial charge in [-0.3, -0.25) is 4.90 Å². The number of hydrogen-bond acceptors (Lipinski definition) is 3. The fourth-order valence-corrected chi connectivity index (χ4v) is 1.76. The summed E-state index contributed by atoms with van der Waals surface area (Å²) in [5, 5.41) is 0. The summed E-state index contributed by atoms with van der Waals surface area (Å²) in [7, 11) is 0. The lowest BCUT2D eigenvalue weighted by Gasteiger charge is -2.47. The van der Waals surface area contributed by atoms with Gasteiger partial charge in [-0.1, -0.05) is 0 Å². The quantitative estimate of drug-likeness (QED) is 0.676. The van der Waals surface area contributed by atoms with Crippen molar-refractivity contribution in [3.63, 3.8) is 0 Å². The molecule has 0 unspecified atom stereocenters. The maximum absolute atomic E-state index is 4.05. The van der Waals surface area contributed by atoms with Crippen molar-refractivity contribution in [2.24, 2.45) is 0 Å². The smallest absolute Gasteiger partial charge is 0.115 e. The van der Waals surface area contributed by atoms with Crippen LogP contribution < -0.4 is 0 Å². The first-order valence-corrected chi connectivity index (χ1v) is 5.07. The Bertz CT molecular complexity index is 296. The van der Waals surface area contributed by atoms with Gasteiger partial charge in [0.1, 0.15) is 6.33 Å². The van der Waals surface area contributed by atoms with Crippen molar-refractivity contribution >= 4 is 0 Å². The predicted octanol–water partition coefficient (Wildman–Crippen LogP) is 1.67. The van der Waals surface area contributed by atoms with Crippen LogP contribution >= 0.6 is 0 Å². The zero-order chi connectivity index (χ0) is 10.2. The second-order valence-electron chi connectivity index (χ2n) is 4.94. The van der Waals surface area contributed by atoms with Gasteiger partial charge in [-0.2, -0.15) is 0 Å². The van der Waals surface area contributed by atoms with E-state index in [0.717, 1.165) is 13.1 Å². The molecule has 3 nitrogen and oxygen atoms in total. The van der Waals surface area contributed by atoms with Crippen LogP contribution in [0, 0.1) is 0 Å². The Hall–Kier alpha value is -0.960. The Morgan fingerprint density at radius 2 is 1.79 bits per heavy atom. The maximum Gasteiger partial charge on any atom is 0.115 e. The van der Waals surface area contributed by atoms with Crippen molar-refractivity contribution in [1.29, 1.82) is 0 Å². The third kappa shape index (κ3) is 1.77. The lowest BCUT2D eigenvalue weighted by molar-refractivity contribution is 0.0468. The normalized spacial score (nSPS) is 19.4. The second kappa shape index (κ2) is 3.31. The van der Waals surface area contributed by atoms with Gasteiger partial charge in [0.05, 0.1) is 0 Å². The molecule has 0 atom stereocenters. The zero-order valence-corrected chi connectivity index (χ0v) is 9.07. The van der Waals surface area contributed by atoms with E-state index < -0.39 is 0 Å². The molecule has 3 heteroatoms. The lowest BCUT2D eigenvalue weighted by Crippen LogP contribution is -2.54. The third-order valence-electron chi connectivity index (χ3n) is 2.88. The van der Waals surface area contributed by atoms with Crippen LogP contribution in [0.2, 0.25) is 0 Å². The van der Waals surface area contributed by atoms with Crippen molar-refractivity contribution in [3.05, 3.63) is 24.3 Å². The summed E-state index contributed by atoms with van der Waals surface area (Å²) in [5.74, 6) is 0.635. The molecule has 0 aliphatic carbocycles. The highest BCUT2D eigenvalue weighted by molar-refractivity contribution is 5.16. The van der Waals surface area contributed by atoms with Gasteiger partial charge in [0.2, 0.25) is 0 Å². The first-order valence-electron chi connectivity index (χ1n) is 5.07. The minimum absolute atomic E-state index is 0.298. The van der Waals surface area contributed by atoms with Crippen LogP contribution in [0.1, 0.15) is 32.3 Å². The summed E-state index contributed by atoms with van der Waals surface area (Å²) in [6.45, 7) is 9.04. The average Bonchev–Trinajstić information content (AvgIpc) is 2.00. The molecule has 2 heterocycles. The van der Waals surface area contributed by atoms with Crippen molar-refractivity contribution < 1.29 is 0 Å². The predicted molar refractivity (Wildman–Crippen MR) is 56.1 cm³/mol. The molecular formula is C11H17N3. The summed E-state index contributed by atoms with van der Waals surface area (Å²) >= 11 is 0. The molecule has 1 fully saturated rings. The molecule has 0 amide bonds. The fourth-order valence-electron chi connectivity index (χ4n) is 1.76. The van der Waals surface area contributed by atoms with Crippen LogP contribution in [0.3, 0.4) is 0 Å². The Kier molecular flexibility index (Phi) is 2.27. The van der Waals surface area contributed by atoms with Crippen LogP contribution in [0.15, 0.2) is 18.7 Å². The first-order chi connectivity index (χ1) is 6.57. The van der Waals surface area contributed by atoms with Crippen LogP contribution in [-0.2, 0) is 0 Å². The molecule has 0 saturated carbocycles. The summed E-state index contributed by atoms with van der Waals surface area (Å²) in [6.07, 6.45) is 5.44. The molecule has 0 bridgehead atoms. The first kappa shape index (κ1) is 9.59. The van der Waals surface area contributed by atoms with Gasteiger partial charge in [0.15, 0.2) is 0 Å². The van der Waals surface area contributed by atoms with Crippen molar-refractivity contribution in [3.8, 4) is 0 Å². The second-order valence-corrected chi connectivity index (χ2v) is 4.94. The molecule has 0 aromatic carbocycles. The fraction of sp³-hybridized carbons (Fsp3) is 0.636. The molecule has 1 aliphatic rings.